The highest BCUT2D eigenvalue weighted by atomic mass is 31.2. The van der Waals surface area contributed by atoms with Crippen LogP contribution in [0.5, 0.6) is 0 Å². The molecule has 0 bridgehead atoms. The normalized spacial score (nSPS) is 14.9. The summed E-state index contributed by atoms with van der Waals surface area (Å²) >= 11 is 0. The van der Waals surface area contributed by atoms with Crippen LogP contribution in [0.15, 0.2) is 109 Å². The van der Waals surface area contributed by atoms with Gasteiger partial charge >= 0.3 is 33.6 Å². The van der Waals surface area contributed by atoms with Gasteiger partial charge in [0.15, 0.2) is 6.10 Å². The Morgan fingerprint density at radius 3 is 0.944 bits per heavy atom. The summed E-state index contributed by atoms with van der Waals surface area (Å²) in [6.07, 6.45) is 71.3. The number of esters is 3. The van der Waals surface area contributed by atoms with E-state index >= 15 is 0 Å². The van der Waals surface area contributed by atoms with E-state index in [4.69, 9.17) is 32.3 Å². The number of allylic oxidation sites excluding steroid dienone is 18. The molecule has 0 aromatic rings. The first-order valence-electron chi connectivity index (χ1n) is 34.2. The molecule has 0 fully saturated rings. The van der Waals surface area contributed by atoms with Gasteiger partial charge in [-0.25, -0.2) is 9.13 Å². The molecule has 0 aromatic heterocycles. The standard InChI is InChI=1S/C71H122O16P2/c1-4-7-10-13-16-19-22-25-28-30-31-32-33-35-38-39-42-45-48-51-54-57-69(74)81-60-66(72)61-83-88(77,78)84-62-67(73)63-85-89(79,80)86-65-68(87-71(76)59-56-53-50-47-44-41-36-27-24-21-18-15-12-9-6-3)64-82-70(75)58-55-52-49-46-43-40-37-34-29-26-23-20-17-14-11-8-5-2/h7-8,10-11,16-17,19-20,25-26,28-29,31-32,35,37-38,40,66-68,72-73H,4-6,9,12-15,18,21-24,27,30,33-34,36,39,41-65H2,1-3H3,(H,77,78)(H,79,80)/b10-7-,11-8-,19-16-,20-17-,28-25-,29-26-,32-31-,38-35-,40-37-. The maximum absolute atomic E-state index is 12.9. The van der Waals surface area contributed by atoms with Crippen molar-refractivity contribution >= 4 is 33.6 Å². The van der Waals surface area contributed by atoms with E-state index in [0.717, 1.165) is 141 Å². The summed E-state index contributed by atoms with van der Waals surface area (Å²) < 4.78 is 60.9. The molecule has 0 heterocycles. The van der Waals surface area contributed by atoms with E-state index in [1.54, 1.807) is 0 Å². The molecule has 0 amide bonds. The molecule has 0 radical (unpaired) electrons. The van der Waals surface area contributed by atoms with Crippen LogP contribution in [0.3, 0.4) is 0 Å². The molecule has 0 aliphatic carbocycles. The molecule has 0 aliphatic heterocycles. The van der Waals surface area contributed by atoms with Gasteiger partial charge in [-0.3, -0.25) is 32.5 Å². The highest BCUT2D eigenvalue weighted by molar-refractivity contribution is 7.47. The number of carbonyl (C=O) groups is 3. The van der Waals surface area contributed by atoms with Gasteiger partial charge in [-0.1, -0.05) is 252 Å². The third kappa shape index (κ3) is 65.5. The Morgan fingerprint density at radius 2 is 0.596 bits per heavy atom. The average Bonchev–Trinajstić information content (AvgIpc) is 3.63. The lowest BCUT2D eigenvalue weighted by Gasteiger charge is -2.21. The number of unbranched alkanes of at least 4 members (excludes halogenated alkanes) is 23. The van der Waals surface area contributed by atoms with E-state index in [9.17, 15) is 43.5 Å². The van der Waals surface area contributed by atoms with Crippen molar-refractivity contribution in [1.82, 2.24) is 0 Å². The molecule has 5 atom stereocenters. The van der Waals surface area contributed by atoms with Crippen LogP contribution in [0.1, 0.15) is 265 Å². The Labute approximate surface area is 539 Å². The van der Waals surface area contributed by atoms with Gasteiger partial charge in [0.05, 0.1) is 26.4 Å². The maximum atomic E-state index is 12.9. The van der Waals surface area contributed by atoms with Gasteiger partial charge in [0, 0.05) is 19.3 Å². The van der Waals surface area contributed by atoms with Crippen molar-refractivity contribution in [3.63, 3.8) is 0 Å². The monoisotopic (exact) mass is 1290 g/mol. The molecular weight excluding hydrogens is 1170 g/mol. The van der Waals surface area contributed by atoms with Gasteiger partial charge in [0.25, 0.3) is 0 Å². The van der Waals surface area contributed by atoms with E-state index in [1.807, 2.05) is 0 Å². The van der Waals surface area contributed by atoms with E-state index in [-0.39, 0.29) is 19.3 Å². The molecule has 0 saturated carbocycles. The van der Waals surface area contributed by atoms with E-state index < -0.39 is 91.5 Å². The SMILES string of the molecule is CC/C=C\C/C=C\C/C=C\C/C=C\C/C=C\CCCCCCCC(=O)OCC(O)COP(=O)(O)OCC(O)COP(=O)(O)OCC(COC(=O)CCCCCC/C=C\C/C=C\C/C=C\C/C=C\CC)OC(=O)CCCCCCCCCCCCCCCCC. The minimum absolute atomic E-state index is 0.100. The zero-order valence-electron chi connectivity index (χ0n) is 55.3. The van der Waals surface area contributed by atoms with E-state index in [0.29, 0.717) is 19.3 Å². The second-order valence-corrected chi connectivity index (χ2v) is 25.5. The maximum Gasteiger partial charge on any atom is 0.472 e. The summed E-state index contributed by atoms with van der Waals surface area (Å²) in [7, 11) is -9.79. The second-order valence-electron chi connectivity index (χ2n) is 22.6. The molecule has 0 aliphatic rings. The van der Waals surface area contributed by atoms with Gasteiger partial charge in [0.1, 0.15) is 25.4 Å². The summed E-state index contributed by atoms with van der Waals surface area (Å²) in [5.41, 5.74) is 0. The number of hydrogen-bond acceptors (Lipinski definition) is 14. The number of rotatable bonds is 64. The summed E-state index contributed by atoms with van der Waals surface area (Å²) in [5.74, 6) is -1.62. The number of phosphoric acid groups is 2. The first-order chi connectivity index (χ1) is 43.2. The van der Waals surface area contributed by atoms with E-state index in [1.165, 1.54) is 64.2 Å². The number of aliphatic hydroxyl groups excluding tert-OH is 2. The topological polar surface area (TPSA) is 231 Å². The molecule has 5 unspecified atom stereocenters. The molecule has 16 nitrogen and oxygen atoms in total. The minimum atomic E-state index is -4.93. The van der Waals surface area contributed by atoms with Crippen molar-refractivity contribution in [2.24, 2.45) is 0 Å². The van der Waals surface area contributed by atoms with Crippen LogP contribution in [0, 0.1) is 0 Å². The Bertz CT molecular complexity index is 2060. The van der Waals surface area contributed by atoms with Crippen LogP contribution < -0.4 is 0 Å². The Balaban J connectivity index is 4.68. The Morgan fingerprint density at radius 1 is 0.326 bits per heavy atom. The predicted molar refractivity (Wildman–Crippen MR) is 362 cm³/mol. The third-order valence-electron chi connectivity index (χ3n) is 14.0. The minimum Gasteiger partial charge on any atom is -0.463 e. The average molecular weight is 1290 g/mol. The van der Waals surface area contributed by atoms with Crippen molar-refractivity contribution in [2.45, 2.75) is 283 Å². The summed E-state index contributed by atoms with van der Waals surface area (Å²) in [4.78, 5) is 58.4. The number of hydrogen-bond donors (Lipinski definition) is 4. The van der Waals surface area contributed by atoms with Crippen LogP contribution in [-0.2, 0) is 55.8 Å². The molecule has 0 saturated heterocycles. The Kier molecular flexibility index (Phi) is 61.6. The fourth-order valence-corrected chi connectivity index (χ4v) is 10.4. The Hall–Kier alpha value is -3.79. The summed E-state index contributed by atoms with van der Waals surface area (Å²) in [6.45, 7) is 2.40. The lowest BCUT2D eigenvalue weighted by atomic mass is 10.0. The number of ether oxygens (including phenoxy) is 3. The molecule has 4 N–H and O–H groups in total. The largest absolute Gasteiger partial charge is 0.472 e. The highest BCUT2D eigenvalue weighted by Gasteiger charge is 2.29. The molecule has 0 rings (SSSR count). The lowest BCUT2D eigenvalue weighted by molar-refractivity contribution is -0.161. The van der Waals surface area contributed by atoms with Gasteiger partial charge in [0.2, 0.25) is 0 Å². The summed E-state index contributed by atoms with van der Waals surface area (Å²) in [6, 6.07) is 0. The van der Waals surface area contributed by atoms with Crippen molar-refractivity contribution in [1.29, 1.82) is 0 Å². The van der Waals surface area contributed by atoms with Crippen LogP contribution in [0.25, 0.3) is 0 Å². The third-order valence-corrected chi connectivity index (χ3v) is 15.9. The highest BCUT2D eigenvalue weighted by Crippen LogP contribution is 2.45. The fraction of sp³-hybridized carbons (Fsp3) is 0.704. The fourth-order valence-electron chi connectivity index (χ4n) is 8.82. The van der Waals surface area contributed by atoms with Crippen molar-refractivity contribution in [3.8, 4) is 0 Å². The van der Waals surface area contributed by atoms with Crippen LogP contribution >= 0.6 is 15.6 Å². The van der Waals surface area contributed by atoms with Gasteiger partial charge < -0.3 is 34.2 Å². The number of carbonyl (C=O) groups excluding carboxylic acids is 3. The molecular formula is C71H122O16P2. The number of aliphatic hydroxyl groups is 2. The van der Waals surface area contributed by atoms with E-state index in [2.05, 4.69) is 130 Å². The first-order valence-corrected chi connectivity index (χ1v) is 37.2. The van der Waals surface area contributed by atoms with Crippen LogP contribution in [0.2, 0.25) is 0 Å². The first kappa shape index (κ1) is 85.2. The van der Waals surface area contributed by atoms with Crippen LogP contribution in [-0.4, -0.2) is 95.9 Å². The van der Waals surface area contributed by atoms with Crippen molar-refractivity contribution < 1.29 is 75.8 Å². The molecule has 512 valence electrons. The smallest absolute Gasteiger partial charge is 0.463 e. The zero-order valence-corrected chi connectivity index (χ0v) is 57.1. The molecule has 0 aromatic carbocycles. The number of phosphoric ester groups is 2. The van der Waals surface area contributed by atoms with Crippen LogP contribution in [0.4, 0.5) is 0 Å². The molecule has 0 spiro atoms. The quantitative estimate of drug-likeness (QED) is 0.0146. The summed E-state index contributed by atoms with van der Waals surface area (Å²) in [5, 5.41) is 20.5. The predicted octanol–water partition coefficient (Wildman–Crippen LogP) is 18.9. The second kappa shape index (κ2) is 64.3. The molecule has 89 heavy (non-hydrogen) atoms. The van der Waals surface area contributed by atoms with Crippen molar-refractivity contribution in [3.05, 3.63) is 109 Å². The van der Waals surface area contributed by atoms with Gasteiger partial charge in [-0.2, -0.15) is 0 Å². The zero-order chi connectivity index (χ0) is 65.3. The lowest BCUT2D eigenvalue weighted by Crippen LogP contribution is -2.30. The van der Waals surface area contributed by atoms with Gasteiger partial charge in [-0.15, -0.1) is 0 Å². The molecule has 18 heteroatoms. The van der Waals surface area contributed by atoms with Crippen molar-refractivity contribution in [2.75, 3.05) is 39.6 Å². The van der Waals surface area contributed by atoms with Gasteiger partial charge in [-0.05, 0) is 103 Å².